The Morgan fingerprint density at radius 2 is 2.17 bits per heavy atom. The zero-order chi connectivity index (χ0) is 14.0. The zero-order valence-electron chi connectivity index (χ0n) is 11.3. The molecule has 0 saturated carbocycles. The maximum atomic E-state index is 10.8. The fourth-order valence-electron chi connectivity index (χ4n) is 0.939. The second kappa shape index (κ2) is 9.35. The first-order valence-corrected chi connectivity index (χ1v) is 5.95. The molecule has 6 nitrogen and oxygen atoms in total. The molecule has 1 rings (SSSR count). The molecule has 0 saturated heterocycles. The van der Waals surface area contributed by atoms with Crippen molar-refractivity contribution in [2.75, 3.05) is 18.5 Å². The van der Waals surface area contributed by atoms with Crippen molar-refractivity contribution >= 4 is 11.7 Å². The third-order valence-electron chi connectivity index (χ3n) is 1.74. The van der Waals surface area contributed by atoms with Gasteiger partial charge in [0.15, 0.2) is 5.82 Å². The van der Waals surface area contributed by atoms with Crippen molar-refractivity contribution in [3.63, 3.8) is 0 Å². The summed E-state index contributed by atoms with van der Waals surface area (Å²) >= 11 is 0. The Balaban J connectivity index is 0.00000137. The molecule has 18 heavy (non-hydrogen) atoms. The first-order valence-electron chi connectivity index (χ1n) is 5.95. The Morgan fingerprint density at radius 3 is 2.72 bits per heavy atom. The van der Waals surface area contributed by atoms with E-state index in [0.717, 1.165) is 0 Å². The minimum absolute atomic E-state index is 0.0335. The number of nitrogens with zero attached hydrogens (tertiary/aromatic N) is 2. The molecular weight excluding hydrogens is 234 g/mol. The number of anilines is 1. The SMILES string of the molecule is CC.CC(=O)Nc1cncc(OC[C@@H](C)CO)n1. The monoisotopic (exact) mass is 255 g/mol. The molecule has 2 N–H and O–H groups in total. The molecule has 1 atom stereocenters. The molecule has 0 aromatic carbocycles. The van der Waals surface area contributed by atoms with Gasteiger partial charge in [0.05, 0.1) is 19.0 Å². The van der Waals surface area contributed by atoms with E-state index in [0.29, 0.717) is 18.3 Å². The van der Waals surface area contributed by atoms with Gasteiger partial charge in [0.25, 0.3) is 0 Å². The van der Waals surface area contributed by atoms with Crippen LogP contribution in [-0.4, -0.2) is 34.2 Å². The number of aromatic nitrogens is 2. The quantitative estimate of drug-likeness (QED) is 0.832. The number of ether oxygens (including phenoxy) is 1. The Labute approximate surface area is 107 Å². The Hall–Kier alpha value is -1.69. The lowest BCUT2D eigenvalue weighted by Crippen LogP contribution is -2.14. The van der Waals surface area contributed by atoms with Crippen molar-refractivity contribution in [2.24, 2.45) is 5.92 Å². The molecule has 102 valence electrons. The Morgan fingerprint density at radius 1 is 1.50 bits per heavy atom. The van der Waals surface area contributed by atoms with Crippen molar-refractivity contribution in [2.45, 2.75) is 27.7 Å². The second-order valence-corrected chi connectivity index (χ2v) is 3.52. The van der Waals surface area contributed by atoms with Gasteiger partial charge in [-0.05, 0) is 0 Å². The summed E-state index contributed by atoms with van der Waals surface area (Å²) in [6.45, 7) is 7.65. The van der Waals surface area contributed by atoms with Gasteiger partial charge in [0.1, 0.15) is 0 Å². The first-order chi connectivity index (χ1) is 8.61. The van der Waals surface area contributed by atoms with Gasteiger partial charge in [0.2, 0.25) is 11.8 Å². The maximum absolute atomic E-state index is 10.8. The molecule has 0 aliphatic carbocycles. The highest BCUT2D eigenvalue weighted by Crippen LogP contribution is 2.09. The highest BCUT2D eigenvalue weighted by atomic mass is 16.5. The van der Waals surface area contributed by atoms with Crippen molar-refractivity contribution in [1.29, 1.82) is 0 Å². The molecule has 0 fully saturated rings. The predicted octanol–water partition coefficient (Wildman–Crippen LogP) is 1.47. The van der Waals surface area contributed by atoms with Crippen LogP contribution in [0.2, 0.25) is 0 Å². The number of amides is 1. The van der Waals surface area contributed by atoms with Gasteiger partial charge in [-0.15, -0.1) is 0 Å². The third-order valence-corrected chi connectivity index (χ3v) is 1.74. The second-order valence-electron chi connectivity index (χ2n) is 3.52. The number of hydrogen-bond acceptors (Lipinski definition) is 5. The molecule has 1 aromatic heterocycles. The van der Waals surface area contributed by atoms with E-state index in [2.05, 4.69) is 15.3 Å². The number of rotatable bonds is 5. The van der Waals surface area contributed by atoms with Gasteiger partial charge in [-0.1, -0.05) is 20.8 Å². The summed E-state index contributed by atoms with van der Waals surface area (Å²) in [4.78, 5) is 18.7. The van der Waals surface area contributed by atoms with Crippen molar-refractivity contribution in [1.82, 2.24) is 9.97 Å². The van der Waals surface area contributed by atoms with Crippen LogP contribution in [0.3, 0.4) is 0 Å². The summed E-state index contributed by atoms with van der Waals surface area (Å²) in [7, 11) is 0. The summed E-state index contributed by atoms with van der Waals surface area (Å²) < 4.78 is 5.30. The molecule has 0 aliphatic rings. The summed E-state index contributed by atoms with van der Waals surface area (Å²) in [6, 6.07) is 0. The smallest absolute Gasteiger partial charge is 0.234 e. The number of nitrogens with one attached hydrogen (secondary N) is 1. The average Bonchev–Trinajstić information content (AvgIpc) is 2.38. The molecule has 0 radical (unpaired) electrons. The van der Waals surface area contributed by atoms with Crippen LogP contribution in [0.5, 0.6) is 5.88 Å². The highest BCUT2D eigenvalue weighted by molar-refractivity contribution is 5.87. The molecule has 0 unspecified atom stereocenters. The molecule has 6 heteroatoms. The van der Waals surface area contributed by atoms with E-state index in [-0.39, 0.29) is 18.4 Å². The van der Waals surface area contributed by atoms with Gasteiger partial charge < -0.3 is 15.2 Å². The number of hydrogen-bond donors (Lipinski definition) is 2. The predicted molar refractivity (Wildman–Crippen MR) is 69.4 cm³/mol. The maximum Gasteiger partial charge on any atom is 0.234 e. The van der Waals surface area contributed by atoms with E-state index in [1.165, 1.54) is 19.3 Å². The zero-order valence-corrected chi connectivity index (χ0v) is 11.3. The van der Waals surface area contributed by atoms with Crippen LogP contribution in [-0.2, 0) is 4.79 Å². The molecule has 0 bridgehead atoms. The lowest BCUT2D eigenvalue weighted by molar-refractivity contribution is -0.114. The minimum Gasteiger partial charge on any atom is -0.476 e. The number of carbonyl (C=O) groups is 1. The average molecular weight is 255 g/mol. The standard InChI is InChI=1S/C10H15N3O3.C2H6/c1-7(5-14)6-16-10-4-11-3-9(13-10)12-8(2)15;1-2/h3-4,7,14H,5-6H2,1-2H3,(H,12,13,15);1-2H3/t7-;/m0./s1. The summed E-state index contributed by atoms with van der Waals surface area (Å²) in [5, 5.41) is 11.3. The van der Waals surface area contributed by atoms with Gasteiger partial charge in [-0.25, -0.2) is 0 Å². The molecule has 0 aliphatic heterocycles. The fraction of sp³-hybridized carbons (Fsp3) is 0.583. The van der Waals surface area contributed by atoms with E-state index < -0.39 is 0 Å². The Bertz CT molecular complexity index is 358. The van der Waals surface area contributed by atoms with Crippen LogP contribution in [0.4, 0.5) is 5.82 Å². The van der Waals surface area contributed by atoms with E-state index in [4.69, 9.17) is 9.84 Å². The third kappa shape index (κ3) is 6.80. The van der Waals surface area contributed by atoms with Crippen LogP contribution in [0.15, 0.2) is 12.4 Å². The summed E-state index contributed by atoms with van der Waals surface area (Å²) in [5.74, 6) is 0.495. The van der Waals surface area contributed by atoms with Crippen LogP contribution in [0, 0.1) is 5.92 Å². The van der Waals surface area contributed by atoms with Crippen molar-refractivity contribution < 1.29 is 14.6 Å². The van der Waals surface area contributed by atoms with Gasteiger partial charge >= 0.3 is 0 Å². The Kier molecular flexibility index (Phi) is 8.47. The molecule has 1 amide bonds. The molecule has 1 heterocycles. The van der Waals surface area contributed by atoms with Gasteiger partial charge in [-0.3, -0.25) is 9.78 Å². The normalized spacial score (nSPS) is 10.9. The molecular formula is C12H21N3O3. The van der Waals surface area contributed by atoms with Crippen molar-refractivity contribution in [3.8, 4) is 5.88 Å². The topological polar surface area (TPSA) is 84.3 Å². The fourth-order valence-corrected chi connectivity index (χ4v) is 0.939. The lowest BCUT2D eigenvalue weighted by atomic mass is 10.2. The van der Waals surface area contributed by atoms with Crippen LogP contribution in [0.1, 0.15) is 27.7 Å². The first kappa shape index (κ1) is 16.3. The van der Waals surface area contributed by atoms with Crippen LogP contribution >= 0.6 is 0 Å². The largest absolute Gasteiger partial charge is 0.476 e. The lowest BCUT2D eigenvalue weighted by Gasteiger charge is -2.09. The van der Waals surface area contributed by atoms with Crippen molar-refractivity contribution in [3.05, 3.63) is 12.4 Å². The molecule has 1 aromatic rings. The van der Waals surface area contributed by atoms with Gasteiger partial charge in [-0.2, -0.15) is 4.98 Å². The summed E-state index contributed by atoms with van der Waals surface area (Å²) in [5.41, 5.74) is 0. The van der Waals surface area contributed by atoms with E-state index in [1.54, 1.807) is 0 Å². The minimum atomic E-state index is -0.213. The van der Waals surface area contributed by atoms with Gasteiger partial charge in [0, 0.05) is 19.4 Å². The summed E-state index contributed by atoms with van der Waals surface area (Å²) in [6.07, 6.45) is 2.89. The highest BCUT2D eigenvalue weighted by Gasteiger charge is 2.04. The van der Waals surface area contributed by atoms with Crippen LogP contribution in [0.25, 0.3) is 0 Å². The molecule has 0 spiro atoms. The van der Waals surface area contributed by atoms with E-state index in [1.807, 2.05) is 20.8 Å². The number of aliphatic hydroxyl groups excluding tert-OH is 1. The van der Waals surface area contributed by atoms with E-state index >= 15 is 0 Å². The van der Waals surface area contributed by atoms with Crippen LogP contribution < -0.4 is 10.1 Å². The number of carbonyl (C=O) groups excluding carboxylic acids is 1. The van der Waals surface area contributed by atoms with E-state index in [9.17, 15) is 4.79 Å². The number of aliphatic hydroxyl groups is 1.